The van der Waals surface area contributed by atoms with Gasteiger partial charge in [-0.1, -0.05) is 24.3 Å². The van der Waals surface area contributed by atoms with Crippen molar-refractivity contribution in [2.45, 2.75) is 25.1 Å². The van der Waals surface area contributed by atoms with Crippen molar-refractivity contribution in [2.24, 2.45) is 0 Å². The van der Waals surface area contributed by atoms with Gasteiger partial charge in [0.15, 0.2) is 0 Å². The van der Waals surface area contributed by atoms with Crippen LogP contribution in [-0.4, -0.2) is 41.1 Å². The highest BCUT2D eigenvalue weighted by Crippen LogP contribution is 2.44. The molecule has 0 atom stereocenters. The third kappa shape index (κ3) is 5.25. The van der Waals surface area contributed by atoms with E-state index < -0.39 is 23.8 Å². The Hall–Kier alpha value is -3.64. The van der Waals surface area contributed by atoms with E-state index in [-0.39, 0.29) is 32.5 Å². The molecule has 1 fully saturated rings. The SMILES string of the molecule is Nc1c(C(=O)OC2CCN(C(=O)Nc3ccccc3)CC2)sc2nc(-c3cccs3)cc(C(F)(F)F)c12. The Morgan fingerprint density at radius 3 is 2.49 bits per heavy atom. The number of alkyl halides is 3. The molecule has 5 rings (SSSR count). The summed E-state index contributed by atoms with van der Waals surface area (Å²) in [5.74, 6) is -0.793. The number of esters is 1. The largest absolute Gasteiger partial charge is 0.458 e. The lowest BCUT2D eigenvalue weighted by atomic mass is 10.1. The molecule has 4 aromatic rings. The predicted octanol–water partition coefficient (Wildman–Crippen LogP) is 6.48. The lowest BCUT2D eigenvalue weighted by molar-refractivity contribution is -0.136. The quantitative estimate of drug-likeness (QED) is 0.286. The van der Waals surface area contributed by atoms with Gasteiger partial charge in [-0.25, -0.2) is 14.6 Å². The van der Waals surface area contributed by atoms with Crippen LogP contribution < -0.4 is 11.1 Å². The fraction of sp³-hybridized carbons (Fsp3) is 0.240. The number of para-hydroxylation sites is 1. The normalized spacial score (nSPS) is 14.6. The Balaban J connectivity index is 1.31. The standard InChI is InChI=1S/C25H21F3N4O3S2/c26-25(27,28)16-13-17(18-7-4-12-36-18)31-22-19(16)20(29)21(37-22)23(33)35-15-8-10-32(11-9-15)24(34)30-14-5-2-1-3-6-14/h1-7,12-13,15H,8-11,29H2,(H,30,34). The van der Waals surface area contributed by atoms with Crippen LogP contribution in [0.4, 0.5) is 29.3 Å². The number of anilines is 2. The van der Waals surface area contributed by atoms with Crippen molar-refractivity contribution >= 4 is 56.3 Å². The summed E-state index contributed by atoms with van der Waals surface area (Å²) in [6.45, 7) is 0.727. The van der Waals surface area contributed by atoms with Crippen LogP contribution in [0.5, 0.6) is 0 Å². The number of benzene rings is 1. The lowest BCUT2D eigenvalue weighted by Gasteiger charge is -2.31. The molecule has 4 heterocycles. The van der Waals surface area contributed by atoms with Crippen LogP contribution >= 0.6 is 22.7 Å². The number of ether oxygens (including phenoxy) is 1. The Labute approximate surface area is 217 Å². The number of thiophene rings is 2. The molecule has 2 amide bonds. The molecule has 3 aromatic heterocycles. The van der Waals surface area contributed by atoms with Crippen LogP contribution in [0.3, 0.4) is 0 Å². The van der Waals surface area contributed by atoms with Crippen molar-refractivity contribution in [2.75, 3.05) is 24.1 Å². The van der Waals surface area contributed by atoms with Gasteiger partial charge in [0.25, 0.3) is 0 Å². The molecule has 192 valence electrons. The molecule has 1 aromatic carbocycles. The van der Waals surface area contributed by atoms with Gasteiger partial charge < -0.3 is 20.7 Å². The summed E-state index contributed by atoms with van der Waals surface area (Å²) in [6, 6.07) is 13.2. The molecule has 1 aliphatic heterocycles. The Bertz CT molecular complexity index is 1430. The highest BCUT2D eigenvalue weighted by molar-refractivity contribution is 7.21. The van der Waals surface area contributed by atoms with Crippen molar-refractivity contribution in [1.82, 2.24) is 9.88 Å². The summed E-state index contributed by atoms with van der Waals surface area (Å²) in [6.07, 6.45) is -4.38. The first-order chi connectivity index (χ1) is 17.7. The highest BCUT2D eigenvalue weighted by atomic mass is 32.1. The zero-order chi connectivity index (χ0) is 26.2. The monoisotopic (exact) mass is 546 g/mol. The van der Waals surface area contributed by atoms with Gasteiger partial charge in [-0.2, -0.15) is 13.2 Å². The topological polar surface area (TPSA) is 97.6 Å². The molecule has 0 spiro atoms. The van der Waals surface area contributed by atoms with E-state index in [0.29, 0.717) is 36.5 Å². The van der Waals surface area contributed by atoms with E-state index in [0.717, 1.165) is 17.4 Å². The zero-order valence-corrected chi connectivity index (χ0v) is 20.9. The molecule has 37 heavy (non-hydrogen) atoms. The Morgan fingerprint density at radius 1 is 1.11 bits per heavy atom. The first kappa shape index (κ1) is 25.0. The number of hydrogen-bond donors (Lipinski definition) is 2. The Morgan fingerprint density at radius 2 is 1.84 bits per heavy atom. The third-order valence-corrected chi connectivity index (χ3v) is 7.96. The number of nitrogens with one attached hydrogen (secondary N) is 1. The van der Waals surface area contributed by atoms with E-state index in [1.165, 1.54) is 11.3 Å². The van der Waals surface area contributed by atoms with Crippen molar-refractivity contribution in [1.29, 1.82) is 0 Å². The number of nitrogens with zero attached hydrogens (tertiary/aromatic N) is 2. The zero-order valence-electron chi connectivity index (χ0n) is 19.2. The number of hydrogen-bond acceptors (Lipinski definition) is 7. The number of likely N-dealkylation sites (tertiary alicyclic amines) is 1. The lowest BCUT2D eigenvalue weighted by Crippen LogP contribution is -2.43. The van der Waals surface area contributed by atoms with Crippen molar-refractivity contribution < 1.29 is 27.5 Å². The van der Waals surface area contributed by atoms with Crippen LogP contribution in [0.25, 0.3) is 20.8 Å². The van der Waals surface area contributed by atoms with Crippen LogP contribution in [0.2, 0.25) is 0 Å². The molecule has 1 saturated heterocycles. The first-order valence-electron chi connectivity index (χ1n) is 11.4. The van der Waals surface area contributed by atoms with Gasteiger partial charge in [-0.05, 0) is 29.6 Å². The summed E-state index contributed by atoms with van der Waals surface area (Å²) in [4.78, 5) is 31.9. The number of nitrogen functional groups attached to an aromatic ring is 1. The van der Waals surface area contributed by atoms with Crippen molar-refractivity contribution in [3.8, 4) is 10.6 Å². The van der Waals surface area contributed by atoms with Crippen LogP contribution in [-0.2, 0) is 10.9 Å². The number of urea groups is 1. The smallest absolute Gasteiger partial charge is 0.417 e. The summed E-state index contributed by atoms with van der Waals surface area (Å²) in [5.41, 5.74) is 5.67. The molecule has 0 saturated carbocycles. The molecular weight excluding hydrogens is 525 g/mol. The molecule has 3 N–H and O–H groups in total. The summed E-state index contributed by atoms with van der Waals surface area (Å²) in [7, 11) is 0. The summed E-state index contributed by atoms with van der Waals surface area (Å²) >= 11 is 2.05. The van der Waals surface area contributed by atoms with Gasteiger partial charge >= 0.3 is 18.2 Å². The molecule has 0 unspecified atom stereocenters. The van der Waals surface area contributed by atoms with E-state index in [1.807, 2.05) is 18.2 Å². The van der Waals surface area contributed by atoms with Crippen molar-refractivity contribution in [3.05, 3.63) is 64.4 Å². The molecule has 12 heteroatoms. The minimum Gasteiger partial charge on any atom is -0.458 e. The fourth-order valence-electron chi connectivity index (χ4n) is 4.15. The number of carbonyl (C=O) groups excluding carboxylic acids is 2. The minimum absolute atomic E-state index is 0.0232. The maximum atomic E-state index is 13.9. The van der Waals surface area contributed by atoms with Gasteiger partial charge in [0.2, 0.25) is 0 Å². The number of fused-ring (bicyclic) bond motifs is 1. The van der Waals surface area contributed by atoms with Gasteiger partial charge in [-0.3, -0.25) is 0 Å². The van der Waals surface area contributed by atoms with E-state index in [4.69, 9.17) is 10.5 Å². The first-order valence-corrected chi connectivity index (χ1v) is 13.1. The molecule has 7 nitrogen and oxygen atoms in total. The number of carbonyl (C=O) groups is 2. The third-order valence-electron chi connectivity index (χ3n) is 5.99. The highest BCUT2D eigenvalue weighted by Gasteiger charge is 2.37. The van der Waals surface area contributed by atoms with Gasteiger partial charge in [0.1, 0.15) is 15.8 Å². The number of pyridine rings is 1. The maximum Gasteiger partial charge on any atom is 0.417 e. The number of amides is 2. The van der Waals surface area contributed by atoms with E-state index in [2.05, 4.69) is 10.3 Å². The van der Waals surface area contributed by atoms with Crippen molar-refractivity contribution in [3.63, 3.8) is 0 Å². The van der Waals surface area contributed by atoms with Gasteiger partial charge in [0, 0.05) is 37.0 Å². The average Bonchev–Trinajstić information content (AvgIpc) is 3.52. The molecule has 0 aliphatic carbocycles. The van der Waals surface area contributed by atoms with E-state index in [1.54, 1.807) is 34.5 Å². The van der Waals surface area contributed by atoms with Crippen LogP contribution in [0.1, 0.15) is 28.1 Å². The average molecular weight is 547 g/mol. The Kier molecular flexibility index (Phi) is 6.78. The van der Waals surface area contributed by atoms with E-state index in [9.17, 15) is 22.8 Å². The second-order valence-electron chi connectivity index (χ2n) is 8.44. The molecule has 0 bridgehead atoms. The van der Waals surface area contributed by atoms with Crippen LogP contribution in [0.15, 0.2) is 53.9 Å². The molecule has 1 aliphatic rings. The second kappa shape index (κ2) is 10.0. The molecular formula is C25H21F3N4O3S2. The number of halogens is 3. The predicted molar refractivity (Wildman–Crippen MR) is 138 cm³/mol. The number of rotatable bonds is 4. The number of aromatic nitrogens is 1. The van der Waals surface area contributed by atoms with Gasteiger partial charge in [0.05, 0.1) is 21.8 Å². The van der Waals surface area contributed by atoms with E-state index >= 15 is 0 Å². The van der Waals surface area contributed by atoms with Gasteiger partial charge in [-0.15, -0.1) is 22.7 Å². The molecule has 0 radical (unpaired) electrons. The number of piperidine rings is 1. The summed E-state index contributed by atoms with van der Waals surface area (Å²) < 4.78 is 47.3. The van der Waals surface area contributed by atoms with Crippen LogP contribution in [0, 0.1) is 0 Å². The second-order valence-corrected chi connectivity index (χ2v) is 10.4. The fourth-order valence-corrected chi connectivity index (χ4v) is 5.84. The minimum atomic E-state index is -4.68. The summed E-state index contributed by atoms with van der Waals surface area (Å²) in [5, 5.41) is 4.27. The maximum absolute atomic E-state index is 13.9. The number of nitrogens with two attached hydrogens (primary N) is 1.